The minimum atomic E-state index is -0.987. The normalized spacial score (nSPS) is 14.7. The highest BCUT2D eigenvalue weighted by atomic mass is 16.4. The van der Waals surface area contributed by atoms with Crippen molar-refractivity contribution in [2.75, 3.05) is 6.54 Å². The van der Waals surface area contributed by atoms with E-state index >= 15 is 0 Å². The van der Waals surface area contributed by atoms with E-state index in [1.54, 1.807) is 12.1 Å². The molecule has 1 saturated carbocycles. The van der Waals surface area contributed by atoms with E-state index in [1.165, 1.54) is 18.6 Å². The first-order chi connectivity index (χ1) is 11.5. The summed E-state index contributed by atoms with van der Waals surface area (Å²) in [6, 6.07) is 6.15. The molecular weight excluding hydrogens is 310 g/mol. The molecule has 0 aromatic heterocycles. The van der Waals surface area contributed by atoms with Crippen LogP contribution in [0.4, 0.5) is 4.79 Å². The molecule has 0 bridgehead atoms. The highest BCUT2D eigenvalue weighted by Gasteiger charge is 2.15. The maximum Gasteiger partial charge on any atom is 0.335 e. The summed E-state index contributed by atoms with van der Waals surface area (Å²) in [4.78, 5) is 34.2. The number of amides is 3. The molecule has 1 aliphatic carbocycles. The molecule has 2 rings (SSSR count). The van der Waals surface area contributed by atoms with Crippen LogP contribution in [0.15, 0.2) is 24.3 Å². The first-order valence-corrected chi connectivity index (χ1v) is 8.18. The fourth-order valence-electron chi connectivity index (χ4n) is 2.67. The molecule has 1 aromatic carbocycles. The highest BCUT2D eigenvalue weighted by molar-refractivity contribution is 5.87. The lowest BCUT2D eigenvalue weighted by Gasteiger charge is -2.22. The molecule has 0 radical (unpaired) electrons. The van der Waals surface area contributed by atoms with Gasteiger partial charge in [0.1, 0.15) is 0 Å². The number of rotatable bonds is 6. The minimum Gasteiger partial charge on any atom is -0.478 e. The van der Waals surface area contributed by atoms with E-state index in [0.717, 1.165) is 31.2 Å². The lowest BCUT2D eigenvalue weighted by atomic mass is 9.96. The minimum absolute atomic E-state index is 0.0915. The van der Waals surface area contributed by atoms with Crippen LogP contribution in [0.25, 0.3) is 0 Å². The SMILES string of the molecule is O=C(CNC(=O)NC1CCCCC1)NCc1ccc(C(=O)O)cc1. The third kappa shape index (κ3) is 5.91. The Morgan fingerprint density at radius 1 is 1.00 bits per heavy atom. The number of hydrogen-bond donors (Lipinski definition) is 4. The van der Waals surface area contributed by atoms with Crippen LogP contribution in [0, 0.1) is 0 Å². The van der Waals surface area contributed by atoms with Gasteiger partial charge in [0.15, 0.2) is 0 Å². The molecule has 1 aromatic rings. The molecule has 0 aliphatic heterocycles. The largest absolute Gasteiger partial charge is 0.478 e. The standard InChI is InChI=1S/C17H23N3O4/c21-15(11-19-17(24)20-14-4-2-1-3-5-14)18-10-12-6-8-13(9-7-12)16(22)23/h6-9,14H,1-5,10-11H2,(H,18,21)(H,22,23)(H2,19,20,24). The summed E-state index contributed by atoms with van der Waals surface area (Å²) in [6.45, 7) is 0.191. The number of hydrogen-bond acceptors (Lipinski definition) is 3. The molecule has 0 saturated heterocycles. The first kappa shape index (κ1) is 17.8. The van der Waals surface area contributed by atoms with Crippen molar-refractivity contribution in [3.63, 3.8) is 0 Å². The zero-order valence-corrected chi connectivity index (χ0v) is 13.5. The molecule has 24 heavy (non-hydrogen) atoms. The van der Waals surface area contributed by atoms with E-state index in [2.05, 4.69) is 16.0 Å². The van der Waals surface area contributed by atoms with E-state index in [0.29, 0.717) is 0 Å². The Labute approximate surface area is 140 Å². The van der Waals surface area contributed by atoms with Gasteiger partial charge in [-0.2, -0.15) is 0 Å². The number of nitrogens with one attached hydrogen (secondary N) is 3. The van der Waals surface area contributed by atoms with Gasteiger partial charge in [-0.05, 0) is 30.5 Å². The second-order valence-corrected chi connectivity index (χ2v) is 5.94. The number of aromatic carboxylic acids is 1. The van der Waals surface area contributed by atoms with Gasteiger partial charge < -0.3 is 21.1 Å². The third-order valence-corrected chi connectivity index (χ3v) is 4.04. The van der Waals surface area contributed by atoms with Crippen LogP contribution in [0.5, 0.6) is 0 Å². The Bertz CT molecular complexity index is 580. The molecule has 130 valence electrons. The zero-order chi connectivity index (χ0) is 17.4. The van der Waals surface area contributed by atoms with Gasteiger partial charge in [0.2, 0.25) is 5.91 Å². The maximum absolute atomic E-state index is 11.7. The molecule has 1 aliphatic rings. The second-order valence-electron chi connectivity index (χ2n) is 5.94. The molecule has 0 heterocycles. The van der Waals surface area contributed by atoms with Crippen molar-refractivity contribution >= 4 is 17.9 Å². The average Bonchev–Trinajstić information content (AvgIpc) is 2.59. The summed E-state index contributed by atoms with van der Waals surface area (Å²) in [5.74, 6) is -1.28. The number of carboxylic acid groups (broad SMARTS) is 1. The predicted molar refractivity (Wildman–Crippen MR) is 88.7 cm³/mol. The number of carbonyl (C=O) groups is 3. The smallest absolute Gasteiger partial charge is 0.335 e. The van der Waals surface area contributed by atoms with Gasteiger partial charge in [0.05, 0.1) is 12.1 Å². The van der Waals surface area contributed by atoms with Gasteiger partial charge in [-0.3, -0.25) is 4.79 Å². The predicted octanol–water partition coefficient (Wildman–Crippen LogP) is 1.63. The first-order valence-electron chi connectivity index (χ1n) is 8.18. The number of carbonyl (C=O) groups excluding carboxylic acids is 2. The molecular formula is C17H23N3O4. The van der Waals surface area contributed by atoms with Gasteiger partial charge in [-0.15, -0.1) is 0 Å². The molecule has 0 unspecified atom stereocenters. The second kappa shape index (κ2) is 8.90. The van der Waals surface area contributed by atoms with Crippen LogP contribution < -0.4 is 16.0 Å². The summed E-state index contributed by atoms with van der Waals surface area (Å²) >= 11 is 0. The Morgan fingerprint density at radius 3 is 2.29 bits per heavy atom. The summed E-state index contributed by atoms with van der Waals surface area (Å²) < 4.78 is 0. The third-order valence-electron chi connectivity index (χ3n) is 4.04. The van der Waals surface area contributed by atoms with Crippen molar-refractivity contribution in [2.24, 2.45) is 0 Å². The van der Waals surface area contributed by atoms with Gasteiger partial charge >= 0.3 is 12.0 Å². The van der Waals surface area contributed by atoms with Gasteiger partial charge in [0.25, 0.3) is 0 Å². The van der Waals surface area contributed by atoms with Gasteiger partial charge in [0, 0.05) is 12.6 Å². The van der Waals surface area contributed by atoms with Crippen LogP contribution in [0.3, 0.4) is 0 Å². The fraction of sp³-hybridized carbons (Fsp3) is 0.471. The monoisotopic (exact) mass is 333 g/mol. The van der Waals surface area contributed by atoms with Crippen LogP contribution in [0.2, 0.25) is 0 Å². The maximum atomic E-state index is 11.7. The van der Waals surface area contributed by atoms with Crippen LogP contribution in [-0.2, 0) is 11.3 Å². The molecule has 0 spiro atoms. The Morgan fingerprint density at radius 2 is 1.67 bits per heavy atom. The van der Waals surface area contributed by atoms with Crippen molar-refractivity contribution in [1.29, 1.82) is 0 Å². The molecule has 4 N–H and O–H groups in total. The lowest BCUT2D eigenvalue weighted by molar-refractivity contribution is -0.120. The van der Waals surface area contributed by atoms with Crippen molar-refractivity contribution < 1.29 is 19.5 Å². The van der Waals surface area contributed by atoms with Crippen molar-refractivity contribution in [2.45, 2.75) is 44.7 Å². The summed E-state index contributed by atoms with van der Waals surface area (Å²) in [7, 11) is 0. The topological polar surface area (TPSA) is 108 Å². The summed E-state index contributed by atoms with van der Waals surface area (Å²) in [5, 5.41) is 16.9. The number of urea groups is 1. The Hall–Kier alpha value is -2.57. The summed E-state index contributed by atoms with van der Waals surface area (Å²) in [5.41, 5.74) is 0.992. The molecule has 1 fully saturated rings. The van der Waals surface area contributed by atoms with E-state index < -0.39 is 5.97 Å². The lowest BCUT2D eigenvalue weighted by Crippen LogP contribution is -2.46. The van der Waals surface area contributed by atoms with Crippen LogP contribution in [0.1, 0.15) is 48.0 Å². The van der Waals surface area contributed by atoms with E-state index in [1.807, 2.05) is 0 Å². The quantitative estimate of drug-likeness (QED) is 0.634. The van der Waals surface area contributed by atoms with Crippen LogP contribution >= 0.6 is 0 Å². The average molecular weight is 333 g/mol. The molecule has 0 atom stereocenters. The Kier molecular flexibility index (Phi) is 6.60. The fourth-order valence-corrected chi connectivity index (χ4v) is 2.67. The highest BCUT2D eigenvalue weighted by Crippen LogP contribution is 2.17. The van der Waals surface area contributed by atoms with Crippen molar-refractivity contribution in [3.8, 4) is 0 Å². The van der Waals surface area contributed by atoms with Crippen molar-refractivity contribution in [1.82, 2.24) is 16.0 Å². The molecule has 7 heteroatoms. The molecule has 7 nitrogen and oxygen atoms in total. The summed E-state index contributed by atoms with van der Waals surface area (Å²) in [6.07, 6.45) is 5.46. The van der Waals surface area contributed by atoms with E-state index in [4.69, 9.17) is 5.11 Å². The van der Waals surface area contributed by atoms with Gasteiger partial charge in [-0.25, -0.2) is 9.59 Å². The number of benzene rings is 1. The van der Waals surface area contributed by atoms with Crippen LogP contribution in [-0.4, -0.2) is 35.6 Å². The number of carboxylic acids is 1. The van der Waals surface area contributed by atoms with E-state index in [9.17, 15) is 14.4 Å². The Balaban J connectivity index is 1.65. The molecule has 3 amide bonds. The van der Waals surface area contributed by atoms with Crippen molar-refractivity contribution in [3.05, 3.63) is 35.4 Å². The van der Waals surface area contributed by atoms with Gasteiger partial charge in [-0.1, -0.05) is 31.4 Å². The van der Waals surface area contributed by atoms with E-state index in [-0.39, 0.29) is 36.6 Å². The zero-order valence-electron chi connectivity index (χ0n) is 13.5.